The lowest BCUT2D eigenvalue weighted by Gasteiger charge is -2.32. The zero-order chi connectivity index (χ0) is 22.2. The number of likely N-dealkylation sites (tertiary alicyclic amines) is 1. The SMILES string of the molecule is O=C(COc1coc(CN2CCOCC2)cc1=O)NC1CCN(Cc2ccccc2)CC1. The second-order valence-corrected chi connectivity index (χ2v) is 8.36. The van der Waals surface area contributed by atoms with Crippen molar-refractivity contribution in [3.8, 4) is 5.75 Å². The van der Waals surface area contributed by atoms with Crippen LogP contribution in [0.25, 0.3) is 0 Å². The zero-order valence-electron chi connectivity index (χ0n) is 18.3. The predicted molar refractivity (Wildman–Crippen MR) is 119 cm³/mol. The minimum absolute atomic E-state index is 0.0588. The third-order valence-electron chi connectivity index (χ3n) is 5.90. The van der Waals surface area contributed by atoms with Crippen molar-refractivity contribution in [3.05, 3.63) is 64.2 Å². The summed E-state index contributed by atoms with van der Waals surface area (Å²) in [5, 5.41) is 3.02. The minimum Gasteiger partial charge on any atom is -0.477 e. The van der Waals surface area contributed by atoms with E-state index in [0.29, 0.717) is 25.5 Å². The molecule has 1 N–H and O–H groups in total. The summed E-state index contributed by atoms with van der Waals surface area (Å²) in [5.41, 5.74) is 1.03. The van der Waals surface area contributed by atoms with E-state index in [1.54, 1.807) is 0 Å². The summed E-state index contributed by atoms with van der Waals surface area (Å²) in [4.78, 5) is 29.2. The molecule has 8 heteroatoms. The van der Waals surface area contributed by atoms with E-state index in [1.165, 1.54) is 17.9 Å². The molecule has 32 heavy (non-hydrogen) atoms. The summed E-state index contributed by atoms with van der Waals surface area (Å²) in [7, 11) is 0. The van der Waals surface area contributed by atoms with Crippen LogP contribution >= 0.6 is 0 Å². The Balaban J connectivity index is 1.17. The molecule has 2 saturated heterocycles. The van der Waals surface area contributed by atoms with Gasteiger partial charge in [0.15, 0.2) is 6.61 Å². The van der Waals surface area contributed by atoms with Gasteiger partial charge in [-0.2, -0.15) is 0 Å². The second kappa shape index (κ2) is 11.3. The first-order valence-electron chi connectivity index (χ1n) is 11.3. The highest BCUT2D eigenvalue weighted by molar-refractivity contribution is 5.77. The molecular formula is C24H31N3O5. The lowest BCUT2D eigenvalue weighted by molar-refractivity contribution is -0.124. The quantitative estimate of drug-likeness (QED) is 0.667. The molecule has 2 aliphatic heterocycles. The van der Waals surface area contributed by atoms with E-state index in [4.69, 9.17) is 13.9 Å². The van der Waals surface area contributed by atoms with Crippen LogP contribution in [0.5, 0.6) is 5.75 Å². The first-order valence-corrected chi connectivity index (χ1v) is 11.3. The van der Waals surface area contributed by atoms with E-state index < -0.39 is 0 Å². The molecule has 0 aliphatic carbocycles. The number of nitrogens with one attached hydrogen (secondary N) is 1. The van der Waals surface area contributed by atoms with Crippen LogP contribution in [0.4, 0.5) is 0 Å². The van der Waals surface area contributed by atoms with Crippen molar-refractivity contribution < 1.29 is 18.7 Å². The molecule has 1 aromatic heterocycles. The van der Waals surface area contributed by atoms with Crippen molar-refractivity contribution in [1.82, 2.24) is 15.1 Å². The molecular weight excluding hydrogens is 410 g/mol. The highest BCUT2D eigenvalue weighted by Crippen LogP contribution is 2.14. The van der Waals surface area contributed by atoms with Crippen LogP contribution in [-0.4, -0.2) is 67.7 Å². The normalized spacial score (nSPS) is 18.4. The van der Waals surface area contributed by atoms with Crippen LogP contribution < -0.4 is 15.5 Å². The van der Waals surface area contributed by atoms with E-state index >= 15 is 0 Å². The Morgan fingerprint density at radius 2 is 1.75 bits per heavy atom. The molecule has 1 amide bonds. The molecule has 2 fully saturated rings. The molecule has 0 unspecified atom stereocenters. The molecule has 172 valence electrons. The average Bonchev–Trinajstić information content (AvgIpc) is 2.81. The molecule has 0 radical (unpaired) electrons. The highest BCUT2D eigenvalue weighted by Gasteiger charge is 2.21. The maximum Gasteiger partial charge on any atom is 0.258 e. The number of morpholine rings is 1. The van der Waals surface area contributed by atoms with Gasteiger partial charge in [-0.15, -0.1) is 0 Å². The molecule has 0 bridgehead atoms. The monoisotopic (exact) mass is 441 g/mol. The Morgan fingerprint density at radius 3 is 2.47 bits per heavy atom. The Kier molecular flexibility index (Phi) is 7.92. The van der Waals surface area contributed by atoms with E-state index in [2.05, 4.69) is 39.4 Å². The van der Waals surface area contributed by atoms with Crippen molar-refractivity contribution >= 4 is 5.91 Å². The fourth-order valence-electron chi connectivity index (χ4n) is 4.10. The van der Waals surface area contributed by atoms with Crippen molar-refractivity contribution in [1.29, 1.82) is 0 Å². The maximum absolute atomic E-state index is 12.3. The van der Waals surface area contributed by atoms with E-state index in [-0.39, 0.29) is 29.7 Å². The first-order chi connectivity index (χ1) is 15.7. The molecule has 0 spiro atoms. The number of hydrogen-bond donors (Lipinski definition) is 1. The molecule has 1 aromatic carbocycles. The number of benzene rings is 1. The predicted octanol–water partition coefficient (Wildman–Crippen LogP) is 1.63. The topological polar surface area (TPSA) is 84.2 Å². The van der Waals surface area contributed by atoms with Gasteiger partial charge >= 0.3 is 0 Å². The number of carbonyl (C=O) groups excluding carboxylic acids is 1. The third-order valence-corrected chi connectivity index (χ3v) is 5.90. The largest absolute Gasteiger partial charge is 0.477 e. The van der Waals surface area contributed by atoms with Gasteiger partial charge in [0.1, 0.15) is 12.0 Å². The smallest absolute Gasteiger partial charge is 0.258 e. The standard InChI is InChI=1S/C24H31N3O5/c28-22-14-21(16-27-10-12-30-13-11-27)31-17-23(22)32-18-24(29)25-20-6-8-26(9-7-20)15-19-4-2-1-3-5-19/h1-5,14,17,20H,6-13,15-16,18H2,(H,25,29). The molecule has 0 atom stereocenters. The molecule has 8 nitrogen and oxygen atoms in total. The number of ether oxygens (including phenoxy) is 2. The Morgan fingerprint density at radius 1 is 1.03 bits per heavy atom. The number of amides is 1. The van der Waals surface area contributed by atoms with Crippen LogP contribution in [0.3, 0.4) is 0 Å². The van der Waals surface area contributed by atoms with Gasteiger partial charge in [0.2, 0.25) is 11.2 Å². The fourth-order valence-corrected chi connectivity index (χ4v) is 4.10. The van der Waals surface area contributed by atoms with Crippen molar-refractivity contribution in [2.24, 2.45) is 0 Å². The van der Waals surface area contributed by atoms with Gasteiger partial charge in [0.05, 0.1) is 19.8 Å². The van der Waals surface area contributed by atoms with Crippen LogP contribution in [0.1, 0.15) is 24.2 Å². The zero-order valence-corrected chi connectivity index (χ0v) is 18.3. The summed E-state index contributed by atoms with van der Waals surface area (Å²) >= 11 is 0. The summed E-state index contributed by atoms with van der Waals surface area (Å²) < 4.78 is 16.3. The molecule has 4 rings (SSSR count). The summed E-state index contributed by atoms with van der Waals surface area (Å²) in [5.74, 6) is 0.419. The molecule has 2 aromatic rings. The van der Waals surface area contributed by atoms with E-state index in [9.17, 15) is 9.59 Å². The van der Waals surface area contributed by atoms with E-state index in [0.717, 1.165) is 45.6 Å². The third kappa shape index (κ3) is 6.66. The van der Waals surface area contributed by atoms with Gasteiger partial charge in [0, 0.05) is 44.8 Å². The lowest BCUT2D eigenvalue weighted by Crippen LogP contribution is -2.45. The first kappa shape index (κ1) is 22.5. The Bertz CT molecular complexity index is 919. The van der Waals surface area contributed by atoms with Gasteiger partial charge in [-0.1, -0.05) is 30.3 Å². The van der Waals surface area contributed by atoms with Crippen molar-refractivity contribution in [2.75, 3.05) is 46.0 Å². The number of piperidine rings is 1. The fraction of sp³-hybridized carbons (Fsp3) is 0.500. The second-order valence-electron chi connectivity index (χ2n) is 8.36. The number of carbonyl (C=O) groups is 1. The lowest BCUT2D eigenvalue weighted by atomic mass is 10.0. The van der Waals surface area contributed by atoms with E-state index in [1.807, 2.05) is 6.07 Å². The number of hydrogen-bond acceptors (Lipinski definition) is 7. The Hall–Kier alpha value is -2.68. The average molecular weight is 442 g/mol. The van der Waals surface area contributed by atoms with Crippen LogP contribution in [0, 0.1) is 0 Å². The van der Waals surface area contributed by atoms with Crippen molar-refractivity contribution in [3.63, 3.8) is 0 Å². The van der Waals surface area contributed by atoms with Crippen molar-refractivity contribution in [2.45, 2.75) is 32.0 Å². The number of rotatable bonds is 8. The Labute approximate surface area is 188 Å². The summed E-state index contributed by atoms with van der Waals surface area (Å²) in [6.07, 6.45) is 3.10. The van der Waals surface area contributed by atoms with Crippen LogP contribution in [0.2, 0.25) is 0 Å². The van der Waals surface area contributed by atoms with Crippen LogP contribution in [0.15, 0.2) is 51.9 Å². The number of nitrogens with zero attached hydrogens (tertiary/aromatic N) is 2. The van der Waals surface area contributed by atoms with Gasteiger partial charge in [-0.25, -0.2) is 0 Å². The van der Waals surface area contributed by atoms with Crippen LogP contribution in [-0.2, 0) is 22.6 Å². The van der Waals surface area contributed by atoms with Gasteiger partial charge in [-0.3, -0.25) is 19.4 Å². The summed E-state index contributed by atoms with van der Waals surface area (Å²) in [6.45, 7) is 6.17. The van der Waals surface area contributed by atoms with Gasteiger partial charge in [-0.05, 0) is 18.4 Å². The van der Waals surface area contributed by atoms with Gasteiger partial charge in [0.25, 0.3) is 5.91 Å². The molecule has 2 aliphatic rings. The molecule has 3 heterocycles. The molecule has 0 saturated carbocycles. The maximum atomic E-state index is 12.3. The summed E-state index contributed by atoms with van der Waals surface area (Å²) in [6, 6.07) is 12.0. The minimum atomic E-state index is -0.276. The van der Waals surface area contributed by atoms with Gasteiger partial charge < -0.3 is 19.2 Å². The highest BCUT2D eigenvalue weighted by atomic mass is 16.5.